The van der Waals surface area contributed by atoms with Crippen LogP contribution < -0.4 is 10.6 Å². The van der Waals surface area contributed by atoms with Gasteiger partial charge < -0.3 is 15.1 Å². The molecule has 2 aromatic carbocycles. The molecule has 2 aromatic rings. The third kappa shape index (κ3) is 8.65. The minimum Gasteiger partial charge on any atom is -0.324 e. The predicted octanol–water partition coefficient (Wildman–Crippen LogP) is 6.77. The molecule has 0 aliphatic carbocycles. The van der Waals surface area contributed by atoms with Gasteiger partial charge in [-0.3, -0.25) is 14.5 Å². The molecule has 1 aliphatic rings. The highest BCUT2D eigenvalue weighted by Gasteiger charge is 2.33. The van der Waals surface area contributed by atoms with E-state index in [0.29, 0.717) is 6.54 Å². The number of aryl methyl sites for hydroxylation is 4. The van der Waals surface area contributed by atoms with E-state index < -0.39 is 0 Å². The SMILES string of the molecule is CC[N+](CC)(CCCCCCCCN1CCC1C(=O)Nc1c(C)cccc1C)CC(=O)Nc1c(C)cccc1C. The van der Waals surface area contributed by atoms with Gasteiger partial charge in [-0.15, -0.1) is 0 Å². The summed E-state index contributed by atoms with van der Waals surface area (Å²) >= 11 is 0. The van der Waals surface area contributed by atoms with Crippen LogP contribution in [0.15, 0.2) is 36.4 Å². The van der Waals surface area contributed by atoms with Gasteiger partial charge in [0.1, 0.15) is 0 Å². The summed E-state index contributed by atoms with van der Waals surface area (Å²) in [5.41, 5.74) is 6.40. The Morgan fingerprint density at radius 1 is 0.775 bits per heavy atom. The number of likely N-dealkylation sites (N-methyl/N-ethyl adjacent to an activating group) is 1. The van der Waals surface area contributed by atoms with Crippen LogP contribution >= 0.6 is 0 Å². The van der Waals surface area contributed by atoms with Gasteiger partial charge >= 0.3 is 0 Å². The van der Waals surface area contributed by atoms with Crippen LogP contribution in [-0.4, -0.2) is 66.5 Å². The summed E-state index contributed by atoms with van der Waals surface area (Å²) in [7, 11) is 0. The molecule has 0 aromatic heterocycles. The first-order valence-electron chi connectivity index (χ1n) is 15.5. The van der Waals surface area contributed by atoms with E-state index in [1.807, 2.05) is 12.1 Å². The van der Waals surface area contributed by atoms with Gasteiger partial charge in [-0.1, -0.05) is 55.7 Å². The Morgan fingerprint density at radius 3 is 1.77 bits per heavy atom. The Labute approximate surface area is 243 Å². The summed E-state index contributed by atoms with van der Waals surface area (Å²) < 4.78 is 0.844. The first-order valence-corrected chi connectivity index (χ1v) is 15.5. The van der Waals surface area contributed by atoms with E-state index in [-0.39, 0.29) is 17.9 Å². The van der Waals surface area contributed by atoms with Gasteiger partial charge in [-0.2, -0.15) is 0 Å². The summed E-state index contributed by atoms with van der Waals surface area (Å²) in [5, 5.41) is 6.37. The molecule has 1 atom stereocenters. The largest absolute Gasteiger partial charge is 0.324 e. The summed E-state index contributed by atoms with van der Waals surface area (Å²) in [4.78, 5) is 28.2. The van der Waals surface area contributed by atoms with E-state index >= 15 is 0 Å². The molecule has 0 spiro atoms. The molecule has 3 rings (SSSR count). The van der Waals surface area contributed by atoms with Gasteiger partial charge in [0, 0.05) is 17.9 Å². The van der Waals surface area contributed by atoms with Crippen molar-refractivity contribution in [1.29, 1.82) is 0 Å². The maximum atomic E-state index is 13.0. The van der Waals surface area contributed by atoms with Crippen LogP contribution in [0.1, 0.15) is 81.0 Å². The van der Waals surface area contributed by atoms with Crippen molar-refractivity contribution in [2.45, 2.75) is 92.5 Å². The molecular weight excluding hydrogens is 496 g/mol. The van der Waals surface area contributed by atoms with Crippen molar-refractivity contribution in [3.05, 3.63) is 58.7 Å². The molecular formula is C34H53N4O2+. The number of anilines is 2. The van der Waals surface area contributed by atoms with Gasteiger partial charge in [0.05, 0.1) is 25.7 Å². The van der Waals surface area contributed by atoms with Gasteiger partial charge in [0.15, 0.2) is 6.54 Å². The molecule has 1 aliphatic heterocycles. The number of carbonyl (C=O) groups excluding carboxylic acids is 2. The van der Waals surface area contributed by atoms with Crippen LogP contribution in [0.5, 0.6) is 0 Å². The second-order valence-corrected chi connectivity index (χ2v) is 11.9. The first kappa shape index (κ1) is 31.8. The van der Waals surface area contributed by atoms with E-state index in [0.717, 1.165) is 90.1 Å². The van der Waals surface area contributed by atoms with Crippen LogP contribution in [0.25, 0.3) is 0 Å². The Balaban J connectivity index is 1.32. The van der Waals surface area contributed by atoms with Crippen molar-refractivity contribution >= 4 is 23.2 Å². The molecule has 0 bridgehead atoms. The minimum atomic E-state index is 0.0138. The zero-order valence-electron chi connectivity index (χ0n) is 25.9. The van der Waals surface area contributed by atoms with Crippen molar-refractivity contribution in [2.24, 2.45) is 0 Å². The lowest BCUT2D eigenvalue weighted by atomic mass is 10.00. The Bertz CT molecular complexity index is 1080. The highest BCUT2D eigenvalue weighted by molar-refractivity contribution is 5.96. The summed E-state index contributed by atoms with van der Waals surface area (Å²) in [6.45, 7) is 18.2. The van der Waals surface area contributed by atoms with Crippen LogP contribution in [0.4, 0.5) is 11.4 Å². The number of nitrogens with zero attached hydrogens (tertiary/aromatic N) is 2. The number of hydrogen-bond acceptors (Lipinski definition) is 3. The number of benzene rings is 2. The first-order chi connectivity index (χ1) is 19.2. The second-order valence-electron chi connectivity index (χ2n) is 11.9. The number of hydrogen-bond donors (Lipinski definition) is 2. The fraction of sp³-hybridized carbons (Fsp3) is 0.588. The number of amides is 2. The minimum absolute atomic E-state index is 0.0138. The second kappa shape index (κ2) is 15.3. The number of carbonyl (C=O) groups is 2. The van der Waals surface area contributed by atoms with Crippen LogP contribution in [0.3, 0.4) is 0 Å². The summed E-state index contributed by atoms with van der Waals surface area (Å²) in [6, 6.07) is 12.3. The average molecular weight is 550 g/mol. The fourth-order valence-corrected chi connectivity index (χ4v) is 6.03. The van der Waals surface area contributed by atoms with Crippen LogP contribution in [0, 0.1) is 27.7 Å². The molecule has 1 heterocycles. The molecule has 0 saturated carbocycles. The number of unbranched alkanes of at least 4 members (excludes halogenated alkanes) is 5. The van der Waals surface area contributed by atoms with Crippen molar-refractivity contribution in [3.8, 4) is 0 Å². The van der Waals surface area contributed by atoms with Crippen LogP contribution in [-0.2, 0) is 9.59 Å². The topological polar surface area (TPSA) is 61.4 Å². The number of likely N-dealkylation sites (tertiary alicyclic amines) is 1. The maximum Gasteiger partial charge on any atom is 0.279 e. The third-order valence-electron chi connectivity index (χ3n) is 9.06. The quantitative estimate of drug-likeness (QED) is 0.179. The smallest absolute Gasteiger partial charge is 0.279 e. The Kier molecular flexibility index (Phi) is 12.2. The predicted molar refractivity (Wildman–Crippen MR) is 168 cm³/mol. The molecule has 1 saturated heterocycles. The van der Waals surface area contributed by atoms with Crippen molar-refractivity contribution in [1.82, 2.24) is 4.90 Å². The third-order valence-corrected chi connectivity index (χ3v) is 9.06. The van der Waals surface area contributed by atoms with Gasteiger partial charge in [-0.25, -0.2) is 0 Å². The maximum absolute atomic E-state index is 13.0. The molecule has 2 N–H and O–H groups in total. The molecule has 6 heteroatoms. The van der Waals surface area contributed by atoms with Crippen molar-refractivity contribution in [3.63, 3.8) is 0 Å². The normalized spacial score (nSPS) is 15.5. The van der Waals surface area contributed by atoms with E-state index in [1.165, 1.54) is 25.7 Å². The summed E-state index contributed by atoms with van der Waals surface area (Å²) in [5.74, 6) is 0.257. The molecule has 0 radical (unpaired) electrons. The zero-order valence-corrected chi connectivity index (χ0v) is 25.9. The molecule has 6 nitrogen and oxygen atoms in total. The molecule has 2 amide bonds. The monoisotopic (exact) mass is 549 g/mol. The zero-order chi connectivity index (χ0) is 29.1. The van der Waals surface area contributed by atoms with Crippen molar-refractivity contribution < 1.29 is 14.1 Å². The van der Waals surface area contributed by atoms with E-state index in [9.17, 15) is 9.59 Å². The standard InChI is InChI=1S/C34H52N4O2/c1-7-38(8-2,25-31(39)35-32-26(3)17-15-18-27(32)4)24-14-12-10-9-11-13-22-37-23-21-30(37)34(40)36-33-28(5)19-16-20-29(33)6/h15-20,30H,7-14,21-25H2,1-6H3,(H-,35,36,39,40)/p+1. The summed E-state index contributed by atoms with van der Waals surface area (Å²) in [6.07, 6.45) is 8.15. The molecule has 40 heavy (non-hydrogen) atoms. The number of nitrogens with one attached hydrogen (secondary N) is 2. The molecule has 1 unspecified atom stereocenters. The van der Waals surface area contributed by atoms with Gasteiger partial charge in [-0.05, 0) is 96.0 Å². The highest BCUT2D eigenvalue weighted by atomic mass is 16.2. The highest BCUT2D eigenvalue weighted by Crippen LogP contribution is 2.24. The lowest BCUT2D eigenvalue weighted by Crippen LogP contribution is -2.54. The number of para-hydroxylation sites is 2. The van der Waals surface area contributed by atoms with Gasteiger partial charge in [0.2, 0.25) is 5.91 Å². The van der Waals surface area contributed by atoms with Crippen molar-refractivity contribution in [2.75, 3.05) is 49.9 Å². The average Bonchev–Trinajstić information content (AvgIpc) is 2.90. The fourth-order valence-electron chi connectivity index (χ4n) is 6.03. The van der Waals surface area contributed by atoms with E-state index in [2.05, 4.69) is 81.3 Å². The lowest BCUT2D eigenvalue weighted by Gasteiger charge is -2.40. The molecule has 1 fully saturated rings. The molecule has 220 valence electrons. The lowest BCUT2D eigenvalue weighted by molar-refractivity contribution is -0.917. The van der Waals surface area contributed by atoms with E-state index in [4.69, 9.17) is 0 Å². The van der Waals surface area contributed by atoms with Gasteiger partial charge in [0.25, 0.3) is 5.91 Å². The number of quaternary nitrogens is 1. The Hall–Kier alpha value is -2.70. The Morgan fingerprint density at radius 2 is 1.27 bits per heavy atom. The van der Waals surface area contributed by atoms with Crippen LogP contribution in [0.2, 0.25) is 0 Å². The number of rotatable bonds is 16. The van der Waals surface area contributed by atoms with E-state index in [1.54, 1.807) is 0 Å².